The lowest BCUT2D eigenvalue weighted by molar-refractivity contribution is -0.142. The van der Waals surface area contributed by atoms with Gasteiger partial charge in [-0.3, -0.25) is 14.4 Å². The summed E-state index contributed by atoms with van der Waals surface area (Å²) in [5, 5.41) is 2.86. The second kappa shape index (κ2) is 6.64. The average molecular weight is 371 g/mol. The van der Waals surface area contributed by atoms with Gasteiger partial charge in [-0.25, -0.2) is 0 Å². The summed E-state index contributed by atoms with van der Waals surface area (Å²) < 4.78 is 5.48. The van der Waals surface area contributed by atoms with Crippen LogP contribution in [-0.4, -0.2) is 66.4 Å². The molecular formula is C20H25N3O4. The Labute approximate surface area is 158 Å². The SMILES string of the molecule is CC1(C)C(=O)Nc2ccc(C(=O)N3CCN(C(=O)C4CCCO4)CC3)cc21. The van der Waals surface area contributed by atoms with Crippen molar-refractivity contribution >= 4 is 23.4 Å². The molecule has 2 fully saturated rings. The van der Waals surface area contributed by atoms with Crippen LogP contribution in [0.2, 0.25) is 0 Å². The lowest BCUT2D eigenvalue weighted by atomic mass is 9.85. The number of piperazine rings is 1. The van der Waals surface area contributed by atoms with E-state index in [-0.39, 0.29) is 23.8 Å². The number of anilines is 1. The van der Waals surface area contributed by atoms with Crippen molar-refractivity contribution in [2.75, 3.05) is 38.1 Å². The number of rotatable bonds is 2. The van der Waals surface area contributed by atoms with Gasteiger partial charge in [-0.15, -0.1) is 0 Å². The second-order valence-corrected chi connectivity index (χ2v) is 7.96. The zero-order chi connectivity index (χ0) is 19.2. The zero-order valence-corrected chi connectivity index (χ0v) is 15.8. The molecule has 4 rings (SSSR count). The third-order valence-electron chi connectivity index (χ3n) is 5.84. The first-order valence-corrected chi connectivity index (χ1v) is 9.53. The third kappa shape index (κ3) is 3.10. The number of carbonyl (C=O) groups excluding carboxylic acids is 3. The van der Waals surface area contributed by atoms with Crippen LogP contribution in [0.1, 0.15) is 42.6 Å². The molecule has 1 unspecified atom stereocenters. The predicted octanol–water partition coefficient (Wildman–Crippen LogP) is 1.38. The molecule has 2 saturated heterocycles. The number of carbonyl (C=O) groups is 3. The number of hydrogen-bond acceptors (Lipinski definition) is 4. The quantitative estimate of drug-likeness (QED) is 0.852. The van der Waals surface area contributed by atoms with E-state index in [0.29, 0.717) is 38.3 Å². The number of hydrogen-bond donors (Lipinski definition) is 1. The standard InChI is InChI=1S/C20H25N3O4/c1-20(2)14-12-13(5-6-15(14)21-19(20)26)17(24)22-7-9-23(10-8-22)18(25)16-4-3-11-27-16/h5-6,12,16H,3-4,7-11H2,1-2H3,(H,21,26). The first-order chi connectivity index (χ1) is 12.9. The van der Waals surface area contributed by atoms with Crippen LogP contribution >= 0.6 is 0 Å². The van der Waals surface area contributed by atoms with E-state index in [4.69, 9.17) is 4.74 Å². The Morgan fingerprint density at radius 2 is 1.85 bits per heavy atom. The molecule has 0 bridgehead atoms. The molecule has 7 nitrogen and oxygen atoms in total. The molecule has 7 heteroatoms. The summed E-state index contributed by atoms with van der Waals surface area (Å²) in [4.78, 5) is 41.0. The van der Waals surface area contributed by atoms with Crippen LogP contribution in [0.4, 0.5) is 5.69 Å². The van der Waals surface area contributed by atoms with E-state index in [2.05, 4.69) is 5.32 Å². The fourth-order valence-electron chi connectivity index (χ4n) is 3.99. The lowest BCUT2D eigenvalue weighted by Crippen LogP contribution is -2.52. The van der Waals surface area contributed by atoms with Crippen molar-refractivity contribution in [2.24, 2.45) is 0 Å². The van der Waals surface area contributed by atoms with Crippen LogP contribution in [0.3, 0.4) is 0 Å². The number of fused-ring (bicyclic) bond motifs is 1. The molecule has 0 radical (unpaired) electrons. The van der Waals surface area contributed by atoms with Crippen LogP contribution in [0.25, 0.3) is 0 Å². The molecule has 1 aromatic rings. The summed E-state index contributed by atoms with van der Waals surface area (Å²) in [6.45, 7) is 6.45. The van der Waals surface area contributed by atoms with Crippen molar-refractivity contribution < 1.29 is 19.1 Å². The minimum absolute atomic E-state index is 0.0449. The molecule has 3 aliphatic heterocycles. The normalized spacial score (nSPS) is 23.9. The highest BCUT2D eigenvalue weighted by atomic mass is 16.5. The molecule has 0 aromatic heterocycles. The summed E-state index contributed by atoms with van der Waals surface area (Å²) >= 11 is 0. The van der Waals surface area contributed by atoms with Gasteiger partial charge in [-0.2, -0.15) is 0 Å². The zero-order valence-electron chi connectivity index (χ0n) is 15.8. The van der Waals surface area contributed by atoms with Crippen LogP contribution in [0.15, 0.2) is 18.2 Å². The van der Waals surface area contributed by atoms with Gasteiger partial charge in [-0.05, 0) is 50.5 Å². The second-order valence-electron chi connectivity index (χ2n) is 7.96. The van der Waals surface area contributed by atoms with Crippen LogP contribution < -0.4 is 5.32 Å². The smallest absolute Gasteiger partial charge is 0.253 e. The molecule has 0 spiro atoms. The van der Waals surface area contributed by atoms with E-state index < -0.39 is 5.41 Å². The molecule has 0 aliphatic carbocycles. The Bertz CT molecular complexity index is 790. The van der Waals surface area contributed by atoms with Gasteiger partial charge in [-0.1, -0.05) is 0 Å². The molecule has 3 aliphatic rings. The number of amides is 3. The Hall–Kier alpha value is -2.41. The number of ether oxygens (including phenoxy) is 1. The molecule has 1 atom stereocenters. The average Bonchev–Trinajstić information content (AvgIpc) is 3.28. The monoisotopic (exact) mass is 371 g/mol. The van der Waals surface area contributed by atoms with Gasteiger partial charge >= 0.3 is 0 Å². The highest BCUT2D eigenvalue weighted by Crippen LogP contribution is 2.37. The molecule has 0 saturated carbocycles. The van der Waals surface area contributed by atoms with Crippen LogP contribution in [0, 0.1) is 0 Å². The Morgan fingerprint density at radius 3 is 2.52 bits per heavy atom. The Kier molecular flexibility index (Phi) is 4.42. The Morgan fingerprint density at radius 1 is 1.15 bits per heavy atom. The first-order valence-electron chi connectivity index (χ1n) is 9.53. The van der Waals surface area contributed by atoms with Gasteiger partial charge in [0.25, 0.3) is 11.8 Å². The van der Waals surface area contributed by atoms with E-state index in [1.165, 1.54) is 0 Å². The molecule has 1 N–H and O–H groups in total. The summed E-state index contributed by atoms with van der Waals surface area (Å²) in [6.07, 6.45) is 1.41. The number of nitrogens with one attached hydrogen (secondary N) is 1. The van der Waals surface area contributed by atoms with E-state index in [1.807, 2.05) is 19.9 Å². The maximum Gasteiger partial charge on any atom is 0.253 e. The predicted molar refractivity (Wildman–Crippen MR) is 99.6 cm³/mol. The summed E-state index contributed by atoms with van der Waals surface area (Å²) in [7, 11) is 0. The fraction of sp³-hybridized carbons (Fsp3) is 0.550. The molecule has 3 amide bonds. The van der Waals surface area contributed by atoms with Gasteiger partial charge < -0.3 is 19.9 Å². The largest absolute Gasteiger partial charge is 0.368 e. The van der Waals surface area contributed by atoms with Gasteiger partial charge in [0, 0.05) is 44.0 Å². The van der Waals surface area contributed by atoms with Crippen molar-refractivity contribution in [3.63, 3.8) is 0 Å². The van der Waals surface area contributed by atoms with E-state index in [0.717, 1.165) is 24.1 Å². The van der Waals surface area contributed by atoms with Crippen LogP contribution in [0.5, 0.6) is 0 Å². The highest BCUT2D eigenvalue weighted by Gasteiger charge is 2.39. The summed E-state index contributed by atoms with van der Waals surface area (Å²) in [5.41, 5.74) is 1.56. The van der Waals surface area contributed by atoms with Crippen molar-refractivity contribution in [3.8, 4) is 0 Å². The molecule has 1 aromatic carbocycles. The van der Waals surface area contributed by atoms with Gasteiger partial charge in [0.15, 0.2) is 0 Å². The summed E-state index contributed by atoms with van der Waals surface area (Å²) in [6, 6.07) is 5.37. The molecule has 3 heterocycles. The van der Waals surface area contributed by atoms with Crippen molar-refractivity contribution in [1.29, 1.82) is 0 Å². The maximum absolute atomic E-state index is 12.9. The van der Waals surface area contributed by atoms with Crippen LogP contribution in [-0.2, 0) is 19.7 Å². The highest BCUT2D eigenvalue weighted by molar-refractivity contribution is 6.07. The number of benzene rings is 1. The number of nitrogens with zero attached hydrogens (tertiary/aromatic N) is 2. The van der Waals surface area contributed by atoms with Crippen molar-refractivity contribution in [3.05, 3.63) is 29.3 Å². The molecule has 144 valence electrons. The van der Waals surface area contributed by atoms with Crippen molar-refractivity contribution in [2.45, 2.75) is 38.2 Å². The minimum Gasteiger partial charge on any atom is -0.368 e. The van der Waals surface area contributed by atoms with Gasteiger partial charge in [0.2, 0.25) is 5.91 Å². The van der Waals surface area contributed by atoms with Gasteiger partial charge in [0.1, 0.15) is 6.10 Å². The maximum atomic E-state index is 12.9. The van der Waals surface area contributed by atoms with E-state index in [1.54, 1.807) is 21.9 Å². The Balaban J connectivity index is 1.42. The third-order valence-corrected chi connectivity index (χ3v) is 5.84. The fourth-order valence-corrected chi connectivity index (χ4v) is 3.99. The summed E-state index contributed by atoms with van der Waals surface area (Å²) in [5.74, 6) is -0.0658. The van der Waals surface area contributed by atoms with E-state index in [9.17, 15) is 14.4 Å². The minimum atomic E-state index is -0.641. The molecular weight excluding hydrogens is 346 g/mol. The molecule has 27 heavy (non-hydrogen) atoms. The topological polar surface area (TPSA) is 79.0 Å². The van der Waals surface area contributed by atoms with Gasteiger partial charge in [0.05, 0.1) is 5.41 Å². The van der Waals surface area contributed by atoms with E-state index >= 15 is 0 Å². The lowest BCUT2D eigenvalue weighted by Gasteiger charge is -2.35. The first kappa shape index (κ1) is 18.0. The van der Waals surface area contributed by atoms with Crippen molar-refractivity contribution in [1.82, 2.24) is 9.80 Å².